The Balaban J connectivity index is 1.81. The zero-order valence-electron chi connectivity index (χ0n) is 13.5. The van der Waals surface area contributed by atoms with Crippen molar-refractivity contribution in [2.75, 3.05) is 37.8 Å². The highest BCUT2D eigenvalue weighted by atomic mass is 16.5. The maximum atomic E-state index is 5.96. The van der Waals surface area contributed by atoms with Crippen molar-refractivity contribution in [3.8, 4) is 5.75 Å². The van der Waals surface area contributed by atoms with Gasteiger partial charge in [-0.05, 0) is 36.6 Å². The lowest BCUT2D eigenvalue weighted by Gasteiger charge is -2.28. The molecule has 1 aromatic carbocycles. The lowest BCUT2D eigenvalue weighted by atomic mass is 10.0. The molecule has 21 heavy (non-hydrogen) atoms. The summed E-state index contributed by atoms with van der Waals surface area (Å²) in [4.78, 5) is 2.36. The van der Waals surface area contributed by atoms with Crippen molar-refractivity contribution in [3.05, 3.63) is 24.3 Å². The first-order chi connectivity index (χ1) is 10.3. The predicted molar refractivity (Wildman–Crippen MR) is 88.3 cm³/mol. The maximum Gasteiger partial charge on any atom is 0.119 e. The van der Waals surface area contributed by atoms with E-state index >= 15 is 0 Å². The van der Waals surface area contributed by atoms with E-state index in [0.29, 0.717) is 5.92 Å². The highest BCUT2D eigenvalue weighted by Crippen LogP contribution is 2.22. The van der Waals surface area contributed by atoms with Crippen molar-refractivity contribution in [2.24, 2.45) is 5.92 Å². The molecule has 0 N–H and O–H groups in total. The molecule has 0 saturated carbocycles. The quantitative estimate of drug-likeness (QED) is 0.719. The summed E-state index contributed by atoms with van der Waals surface area (Å²) in [5.74, 6) is 1.67. The Morgan fingerprint density at radius 1 is 1.14 bits per heavy atom. The molecule has 1 saturated heterocycles. The average molecular weight is 291 g/mol. The molecule has 0 radical (unpaired) electrons. The van der Waals surface area contributed by atoms with Crippen LogP contribution in [0.5, 0.6) is 5.75 Å². The van der Waals surface area contributed by atoms with Crippen LogP contribution in [0.25, 0.3) is 0 Å². The lowest BCUT2D eigenvalue weighted by molar-refractivity contribution is 0.122. The second kappa shape index (κ2) is 8.93. The lowest BCUT2D eigenvalue weighted by Crippen LogP contribution is -2.36. The number of unbranched alkanes of at least 4 members (excludes halogenated alkanes) is 1. The van der Waals surface area contributed by atoms with Gasteiger partial charge < -0.3 is 14.4 Å². The van der Waals surface area contributed by atoms with Crippen LogP contribution in [0.3, 0.4) is 0 Å². The minimum Gasteiger partial charge on any atom is -0.493 e. The number of anilines is 1. The number of morpholine rings is 1. The van der Waals surface area contributed by atoms with Crippen LogP contribution in [0, 0.1) is 5.92 Å². The Kier molecular flexibility index (Phi) is 6.87. The number of ether oxygens (including phenoxy) is 2. The fourth-order valence-corrected chi connectivity index (χ4v) is 2.69. The van der Waals surface area contributed by atoms with Gasteiger partial charge in [-0.2, -0.15) is 0 Å². The van der Waals surface area contributed by atoms with E-state index in [9.17, 15) is 0 Å². The SMILES string of the molecule is CCCCC(CC)COc1ccc(N2CCOCC2)cc1. The minimum atomic E-state index is 0.684. The number of benzene rings is 1. The van der Waals surface area contributed by atoms with Gasteiger partial charge >= 0.3 is 0 Å². The summed E-state index contributed by atoms with van der Waals surface area (Å²) in [6.07, 6.45) is 5.05. The molecule has 0 amide bonds. The van der Waals surface area contributed by atoms with E-state index in [1.165, 1.54) is 31.4 Å². The van der Waals surface area contributed by atoms with Crippen molar-refractivity contribution >= 4 is 5.69 Å². The Morgan fingerprint density at radius 3 is 2.48 bits per heavy atom. The molecule has 1 aliphatic heterocycles. The van der Waals surface area contributed by atoms with Crippen molar-refractivity contribution < 1.29 is 9.47 Å². The van der Waals surface area contributed by atoms with Gasteiger partial charge in [-0.25, -0.2) is 0 Å². The summed E-state index contributed by atoms with van der Waals surface area (Å²) in [6.45, 7) is 8.96. The Bertz CT molecular complexity index is 385. The number of nitrogens with zero attached hydrogens (tertiary/aromatic N) is 1. The minimum absolute atomic E-state index is 0.684. The molecule has 1 fully saturated rings. The average Bonchev–Trinajstić information content (AvgIpc) is 2.56. The molecule has 118 valence electrons. The molecule has 1 heterocycles. The second-order valence-electron chi connectivity index (χ2n) is 5.82. The van der Waals surface area contributed by atoms with Crippen LogP contribution < -0.4 is 9.64 Å². The summed E-state index contributed by atoms with van der Waals surface area (Å²) in [7, 11) is 0. The predicted octanol–water partition coefficient (Wildman–Crippen LogP) is 4.12. The van der Waals surface area contributed by atoms with Gasteiger partial charge in [0.1, 0.15) is 5.75 Å². The molecule has 0 aromatic heterocycles. The highest BCUT2D eigenvalue weighted by Gasteiger charge is 2.11. The molecule has 1 unspecified atom stereocenters. The summed E-state index contributed by atoms with van der Waals surface area (Å²) >= 11 is 0. The fraction of sp³-hybridized carbons (Fsp3) is 0.667. The Hall–Kier alpha value is -1.22. The normalized spacial score (nSPS) is 16.8. The van der Waals surface area contributed by atoms with Gasteiger partial charge in [0.15, 0.2) is 0 Å². The van der Waals surface area contributed by atoms with Gasteiger partial charge in [-0.15, -0.1) is 0 Å². The summed E-state index contributed by atoms with van der Waals surface area (Å²) in [5, 5.41) is 0. The summed E-state index contributed by atoms with van der Waals surface area (Å²) in [5.41, 5.74) is 1.27. The van der Waals surface area contributed by atoms with E-state index < -0.39 is 0 Å². The van der Waals surface area contributed by atoms with Crippen molar-refractivity contribution in [1.29, 1.82) is 0 Å². The van der Waals surface area contributed by atoms with E-state index in [0.717, 1.165) is 38.7 Å². The van der Waals surface area contributed by atoms with Gasteiger partial charge in [0.2, 0.25) is 0 Å². The van der Waals surface area contributed by atoms with Gasteiger partial charge in [0.25, 0.3) is 0 Å². The van der Waals surface area contributed by atoms with Crippen molar-refractivity contribution in [1.82, 2.24) is 0 Å². The standard InChI is InChI=1S/C18H29NO2/c1-3-5-6-16(4-2)15-21-18-9-7-17(8-10-18)19-11-13-20-14-12-19/h7-10,16H,3-6,11-15H2,1-2H3. The zero-order valence-corrected chi connectivity index (χ0v) is 13.5. The van der Waals surface area contributed by atoms with Crippen LogP contribution >= 0.6 is 0 Å². The van der Waals surface area contributed by atoms with E-state index in [2.05, 4.69) is 43.0 Å². The van der Waals surface area contributed by atoms with Crippen LogP contribution in [0.2, 0.25) is 0 Å². The van der Waals surface area contributed by atoms with Crippen LogP contribution in [0.1, 0.15) is 39.5 Å². The van der Waals surface area contributed by atoms with Gasteiger partial charge in [-0.3, -0.25) is 0 Å². The number of hydrogen-bond donors (Lipinski definition) is 0. The second-order valence-corrected chi connectivity index (χ2v) is 5.82. The first-order valence-corrected chi connectivity index (χ1v) is 8.39. The molecule has 0 bridgehead atoms. The van der Waals surface area contributed by atoms with E-state index in [4.69, 9.17) is 9.47 Å². The van der Waals surface area contributed by atoms with Crippen molar-refractivity contribution in [3.63, 3.8) is 0 Å². The molecule has 0 aliphatic carbocycles. The van der Waals surface area contributed by atoms with E-state index in [1.807, 2.05) is 0 Å². The first kappa shape index (κ1) is 16.2. The van der Waals surface area contributed by atoms with Crippen LogP contribution in [0.15, 0.2) is 24.3 Å². The highest BCUT2D eigenvalue weighted by molar-refractivity contribution is 5.49. The molecule has 3 heteroatoms. The molecule has 0 spiro atoms. The third-order valence-corrected chi connectivity index (χ3v) is 4.24. The van der Waals surface area contributed by atoms with E-state index in [1.54, 1.807) is 0 Å². The molecule has 1 aromatic rings. The van der Waals surface area contributed by atoms with Crippen LogP contribution in [-0.2, 0) is 4.74 Å². The number of hydrogen-bond acceptors (Lipinski definition) is 3. The van der Waals surface area contributed by atoms with Crippen LogP contribution in [0.4, 0.5) is 5.69 Å². The fourth-order valence-electron chi connectivity index (χ4n) is 2.69. The Morgan fingerprint density at radius 2 is 1.86 bits per heavy atom. The van der Waals surface area contributed by atoms with Crippen LogP contribution in [-0.4, -0.2) is 32.9 Å². The summed E-state index contributed by atoms with van der Waals surface area (Å²) in [6, 6.07) is 8.51. The third kappa shape index (κ3) is 5.24. The zero-order chi connectivity index (χ0) is 14.9. The molecular weight excluding hydrogens is 262 g/mol. The topological polar surface area (TPSA) is 21.7 Å². The largest absolute Gasteiger partial charge is 0.493 e. The monoisotopic (exact) mass is 291 g/mol. The van der Waals surface area contributed by atoms with Gasteiger partial charge in [-0.1, -0.05) is 33.1 Å². The molecule has 3 nitrogen and oxygen atoms in total. The van der Waals surface area contributed by atoms with Gasteiger partial charge in [0.05, 0.1) is 19.8 Å². The molecular formula is C18H29NO2. The Labute approximate surface area is 129 Å². The summed E-state index contributed by atoms with van der Waals surface area (Å²) < 4.78 is 11.3. The molecule has 1 aliphatic rings. The molecule has 2 rings (SSSR count). The number of rotatable bonds is 8. The molecule has 1 atom stereocenters. The first-order valence-electron chi connectivity index (χ1n) is 8.39. The van der Waals surface area contributed by atoms with Crippen molar-refractivity contribution in [2.45, 2.75) is 39.5 Å². The van der Waals surface area contributed by atoms with E-state index in [-0.39, 0.29) is 0 Å². The maximum absolute atomic E-state index is 5.96. The van der Waals surface area contributed by atoms with Gasteiger partial charge in [0, 0.05) is 18.8 Å². The smallest absolute Gasteiger partial charge is 0.119 e. The third-order valence-electron chi connectivity index (χ3n) is 4.24.